The molecular weight excluding hydrogens is 136 g/mol. The predicted molar refractivity (Wildman–Crippen MR) is 50.5 cm³/mol. The fraction of sp³-hybridized carbons (Fsp3) is 1.00. The summed E-state index contributed by atoms with van der Waals surface area (Å²) in [6.07, 6.45) is 0. The summed E-state index contributed by atoms with van der Waals surface area (Å²) in [6, 6.07) is 0.301. The zero-order valence-electron chi connectivity index (χ0n) is 8.22. The highest BCUT2D eigenvalue weighted by atomic mass is 14.9. The highest BCUT2D eigenvalue weighted by molar-refractivity contribution is 4.66. The summed E-state index contributed by atoms with van der Waals surface area (Å²) in [5.74, 6) is 1.31. The Morgan fingerprint density at radius 3 is 2.00 bits per heavy atom. The van der Waals surface area contributed by atoms with Gasteiger partial charge >= 0.3 is 0 Å². The Hall–Kier alpha value is -0.0800. The molecule has 0 fully saturated rings. The Morgan fingerprint density at radius 2 is 1.64 bits per heavy atom. The van der Waals surface area contributed by atoms with Gasteiger partial charge in [0.15, 0.2) is 0 Å². The predicted octanol–water partition coefficient (Wildman–Crippen LogP) is 1.22. The number of rotatable bonds is 5. The van der Waals surface area contributed by atoms with Gasteiger partial charge in [-0.15, -0.1) is 0 Å². The van der Waals surface area contributed by atoms with Crippen LogP contribution in [0, 0.1) is 11.8 Å². The third-order valence-corrected chi connectivity index (χ3v) is 1.92. The number of nitrogens with two attached hydrogens (primary N) is 1. The SMILES string of the molecule is CC(C)CNCC(C)C(C)N. The average Bonchev–Trinajstić information content (AvgIpc) is 1.86. The van der Waals surface area contributed by atoms with Gasteiger partial charge in [0.05, 0.1) is 0 Å². The molecule has 0 saturated carbocycles. The van der Waals surface area contributed by atoms with Crippen LogP contribution in [-0.2, 0) is 0 Å². The summed E-state index contributed by atoms with van der Waals surface area (Å²) >= 11 is 0. The van der Waals surface area contributed by atoms with E-state index >= 15 is 0 Å². The van der Waals surface area contributed by atoms with Crippen LogP contribution < -0.4 is 11.1 Å². The second-order valence-electron chi connectivity index (χ2n) is 3.89. The van der Waals surface area contributed by atoms with E-state index in [1.165, 1.54) is 0 Å². The van der Waals surface area contributed by atoms with Gasteiger partial charge in [0.1, 0.15) is 0 Å². The fourth-order valence-corrected chi connectivity index (χ4v) is 0.786. The highest BCUT2D eigenvalue weighted by Gasteiger charge is 2.05. The second kappa shape index (κ2) is 5.56. The molecule has 0 aromatic heterocycles. The minimum Gasteiger partial charge on any atom is -0.328 e. The summed E-state index contributed by atoms with van der Waals surface area (Å²) in [5, 5.41) is 3.39. The minimum absolute atomic E-state index is 0.301. The molecule has 0 aliphatic heterocycles. The third-order valence-electron chi connectivity index (χ3n) is 1.92. The first-order valence-corrected chi connectivity index (χ1v) is 4.50. The highest BCUT2D eigenvalue weighted by Crippen LogP contribution is 1.97. The van der Waals surface area contributed by atoms with Crippen LogP contribution in [0.5, 0.6) is 0 Å². The number of hydrogen-bond acceptors (Lipinski definition) is 2. The van der Waals surface area contributed by atoms with Gasteiger partial charge in [0.2, 0.25) is 0 Å². The van der Waals surface area contributed by atoms with Crippen molar-refractivity contribution in [3.05, 3.63) is 0 Å². The van der Waals surface area contributed by atoms with Crippen molar-refractivity contribution in [2.75, 3.05) is 13.1 Å². The van der Waals surface area contributed by atoms with Crippen LogP contribution >= 0.6 is 0 Å². The number of nitrogens with one attached hydrogen (secondary N) is 1. The lowest BCUT2D eigenvalue weighted by Gasteiger charge is -2.16. The van der Waals surface area contributed by atoms with Gasteiger partial charge < -0.3 is 11.1 Å². The Kier molecular flexibility index (Phi) is 5.51. The van der Waals surface area contributed by atoms with E-state index < -0.39 is 0 Å². The molecule has 2 heteroatoms. The van der Waals surface area contributed by atoms with Gasteiger partial charge in [-0.3, -0.25) is 0 Å². The molecule has 11 heavy (non-hydrogen) atoms. The molecule has 2 atom stereocenters. The normalized spacial score (nSPS) is 16.9. The van der Waals surface area contributed by atoms with E-state index in [0.717, 1.165) is 19.0 Å². The Labute approximate surface area is 70.5 Å². The molecule has 0 spiro atoms. The quantitative estimate of drug-likeness (QED) is 0.631. The largest absolute Gasteiger partial charge is 0.328 e. The first kappa shape index (κ1) is 10.9. The van der Waals surface area contributed by atoms with Crippen molar-refractivity contribution in [3.8, 4) is 0 Å². The molecule has 0 bridgehead atoms. The topological polar surface area (TPSA) is 38.0 Å². The van der Waals surface area contributed by atoms with E-state index in [9.17, 15) is 0 Å². The first-order valence-electron chi connectivity index (χ1n) is 4.50. The first-order chi connectivity index (χ1) is 5.04. The van der Waals surface area contributed by atoms with Crippen LogP contribution in [0.1, 0.15) is 27.7 Å². The van der Waals surface area contributed by atoms with Crippen molar-refractivity contribution in [1.29, 1.82) is 0 Å². The number of hydrogen-bond donors (Lipinski definition) is 2. The average molecular weight is 158 g/mol. The smallest absolute Gasteiger partial charge is 0.00482 e. The van der Waals surface area contributed by atoms with Gasteiger partial charge in [0.25, 0.3) is 0 Å². The lowest BCUT2D eigenvalue weighted by atomic mass is 10.0. The Balaban J connectivity index is 3.24. The van der Waals surface area contributed by atoms with Gasteiger partial charge in [-0.25, -0.2) is 0 Å². The maximum Gasteiger partial charge on any atom is 0.00482 e. The maximum absolute atomic E-state index is 5.71. The van der Waals surface area contributed by atoms with Crippen molar-refractivity contribution in [2.24, 2.45) is 17.6 Å². The van der Waals surface area contributed by atoms with Crippen LogP contribution in [0.3, 0.4) is 0 Å². The van der Waals surface area contributed by atoms with E-state index in [1.54, 1.807) is 0 Å². The second-order valence-corrected chi connectivity index (χ2v) is 3.89. The molecule has 0 aromatic carbocycles. The molecule has 0 radical (unpaired) electrons. The maximum atomic E-state index is 5.71. The zero-order chi connectivity index (χ0) is 8.85. The van der Waals surface area contributed by atoms with Crippen molar-refractivity contribution in [1.82, 2.24) is 5.32 Å². The molecule has 0 amide bonds. The molecule has 0 aliphatic carbocycles. The van der Waals surface area contributed by atoms with Crippen molar-refractivity contribution in [3.63, 3.8) is 0 Å². The van der Waals surface area contributed by atoms with Crippen LogP contribution in [0.4, 0.5) is 0 Å². The summed E-state index contributed by atoms with van der Waals surface area (Å²) < 4.78 is 0. The monoisotopic (exact) mass is 158 g/mol. The minimum atomic E-state index is 0.301. The van der Waals surface area contributed by atoms with E-state index in [0.29, 0.717) is 12.0 Å². The molecule has 0 aromatic rings. The molecule has 0 aliphatic rings. The summed E-state index contributed by atoms with van der Waals surface area (Å²) in [7, 11) is 0. The van der Waals surface area contributed by atoms with E-state index in [-0.39, 0.29) is 0 Å². The Bertz CT molecular complexity index is 89.6. The lowest BCUT2D eigenvalue weighted by Crippen LogP contribution is -2.34. The molecule has 2 unspecified atom stereocenters. The van der Waals surface area contributed by atoms with Gasteiger partial charge in [-0.1, -0.05) is 20.8 Å². The summed E-state index contributed by atoms with van der Waals surface area (Å²) in [6.45, 7) is 10.8. The molecule has 0 saturated heterocycles. The van der Waals surface area contributed by atoms with Crippen molar-refractivity contribution < 1.29 is 0 Å². The van der Waals surface area contributed by atoms with Crippen molar-refractivity contribution in [2.45, 2.75) is 33.7 Å². The van der Waals surface area contributed by atoms with E-state index in [2.05, 4.69) is 33.0 Å². The standard InChI is InChI=1S/C9H22N2/c1-7(2)5-11-6-8(3)9(4)10/h7-9,11H,5-6,10H2,1-4H3. The van der Waals surface area contributed by atoms with Crippen LogP contribution in [0.15, 0.2) is 0 Å². The molecule has 68 valence electrons. The van der Waals surface area contributed by atoms with Gasteiger partial charge in [-0.2, -0.15) is 0 Å². The van der Waals surface area contributed by atoms with E-state index in [4.69, 9.17) is 5.73 Å². The van der Waals surface area contributed by atoms with Crippen molar-refractivity contribution >= 4 is 0 Å². The Morgan fingerprint density at radius 1 is 1.09 bits per heavy atom. The fourth-order valence-electron chi connectivity index (χ4n) is 0.786. The molecular formula is C9H22N2. The van der Waals surface area contributed by atoms with Crippen LogP contribution in [0.2, 0.25) is 0 Å². The summed E-state index contributed by atoms with van der Waals surface area (Å²) in [5.41, 5.74) is 5.71. The van der Waals surface area contributed by atoms with E-state index in [1.807, 2.05) is 0 Å². The molecule has 0 rings (SSSR count). The van der Waals surface area contributed by atoms with Crippen LogP contribution in [-0.4, -0.2) is 19.1 Å². The third kappa shape index (κ3) is 6.32. The van der Waals surface area contributed by atoms with Gasteiger partial charge in [0, 0.05) is 6.04 Å². The van der Waals surface area contributed by atoms with Gasteiger partial charge in [-0.05, 0) is 31.8 Å². The molecule has 0 heterocycles. The molecule has 3 N–H and O–H groups in total. The lowest BCUT2D eigenvalue weighted by molar-refractivity contribution is 0.427. The summed E-state index contributed by atoms with van der Waals surface area (Å²) in [4.78, 5) is 0. The molecule has 2 nitrogen and oxygen atoms in total. The van der Waals surface area contributed by atoms with Crippen LogP contribution in [0.25, 0.3) is 0 Å². The zero-order valence-corrected chi connectivity index (χ0v) is 8.22.